The van der Waals surface area contributed by atoms with Crippen molar-refractivity contribution in [1.82, 2.24) is 10.2 Å². The van der Waals surface area contributed by atoms with Crippen LogP contribution in [0.5, 0.6) is 11.5 Å². The number of carbonyl (C=O) groups excluding carboxylic acids is 2. The first-order valence-electron chi connectivity index (χ1n) is 11.4. The Kier molecular flexibility index (Phi) is 10.3. The van der Waals surface area contributed by atoms with E-state index in [1.807, 2.05) is 45.0 Å². The molecular weight excluding hydrogens is 438 g/mol. The van der Waals surface area contributed by atoms with Crippen molar-refractivity contribution >= 4 is 17.5 Å². The zero-order chi connectivity index (χ0) is 25.1. The fourth-order valence-electron chi connectivity index (χ4n) is 3.44. The summed E-state index contributed by atoms with van der Waals surface area (Å²) < 4.78 is 10.7. The van der Waals surface area contributed by atoms with E-state index in [1.54, 1.807) is 0 Å². The number of nitro groups is 1. The van der Waals surface area contributed by atoms with Gasteiger partial charge in [-0.05, 0) is 31.4 Å². The first kappa shape index (κ1) is 26.6. The van der Waals surface area contributed by atoms with E-state index in [-0.39, 0.29) is 42.2 Å². The van der Waals surface area contributed by atoms with Gasteiger partial charge in [-0.15, -0.1) is 0 Å². The summed E-state index contributed by atoms with van der Waals surface area (Å²) in [6.07, 6.45) is 2.26. The first-order chi connectivity index (χ1) is 16.3. The standard InChI is InChI=1S/C25H33N3O6/c1-5-7-14-26-25(30)21(6-2)27(16-19-10-8-18(3)9-11-19)24(29)17-34-20-12-13-22(28(31)32)23(15-20)33-4/h8-13,15,21H,5-7,14,16-17H2,1-4H3,(H,26,30). The zero-order valence-corrected chi connectivity index (χ0v) is 20.2. The summed E-state index contributed by atoms with van der Waals surface area (Å²) >= 11 is 0. The molecule has 0 aliphatic rings. The van der Waals surface area contributed by atoms with Gasteiger partial charge in [0.15, 0.2) is 6.61 Å². The van der Waals surface area contributed by atoms with Crippen LogP contribution in [-0.4, -0.2) is 47.9 Å². The molecule has 0 heterocycles. The maximum absolute atomic E-state index is 13.2. The van der Waals surface area contributed by atoms with Gasteiger partial charge in [-0.1, -0.05) is 50.1 Å². The van der Waals surface area contributed by atoms with Crippen LogP contribution in [0, 0.1) is 17.0 Å². The summed E-state index contributed by atoms with van der Waals surface area (Å²) in [5.41, 5.74) is 1.80. The lowest BCUT2D eigenvalue weighted by Crippen LogP contribution is -2.50. The fourth-order valence-corrected chi connectivity index (χ4v) is 3.44. The van der Waals surface area contributed by atoms with Gasteiger partial charge in [0.05, 0.1) is 12.0 Å². The highest BCUT2D eigenvalue weighted by molar-refractivity contribution is 5.88. The molecule has 2 amide bonds. The second-order valence-electron chi connectivity index (χ2n) is 7.96. The Morgan fingerprint density at radius 3 is 2.44 bits per heavy atom. The molecule has 1 N–H and O–H groups in total. The average Bonchev–Trinajstić information content (AvgIpc) is 2.83. The number of nitrogens with one attached hydrogen (secondary N) is 1. The minimum Gasteiger partial charge on any atom is -0.490 e. The van der Waals surface area contributed by atoms with Crippen LogP contribution in [0.1, 0.15) is 44.2 Å². The fraction of sp³-hybridized carbons (Fsp3) is 0.440. The van der Waals surface area contributed by atoms with Crippen molar-refractivity contribution in [3.63, 3.8) is 0 Å². The minimum atomic E-state index is -0.652. The molecule has 0 aliphatic carbocycles. The average molecular weight is 472 g/mol. The van der Waals surface area contributed by atoms with E-state index in [0.29, 0.717) is 13.0 Å². The minimum absolute atomic E-state index is 0.0354. The summed E-state index contributed by atoms with van der Waals surface area (Å²) in [6.45, 7) is 6.37. The Morgan fingerprint density at radius 2 is 1.85 bits per heavy atom. The van der Waals surface area contributed by atoms with Crippen molar-refractivity contribution in [3.8, 4) is 11.5 Å². The van der Waals surface area contributed by atoms with Crippen LogP contribution in [0.3, 0.4) is 0 Å². The van der Waals surface area contributed by atoms with E-state index >= 15 is 0 Å². The van der Waals surface area contributed by atoms with E-state index < -0.39 is 11.0 Å². The molecule has 9 heteroatoms. The third kappa shape index (κ3) is 7.47. The molecule has 0 saturated heterocycles. The van der Waals surface area contributed by atoms with Gasteiger partial charge in [0.2, 0.25) is 11.7 Å². The number of hydrogen-bond acceptors (Lipinski definition) is 6. The third-order valence-electron chi connectivity index (χ3n) is 5.40. The highest BCUT2D eigenvalue weighted by Crippen LogP contribution is 2.30. The van der Waals surface area contributed by atoms with Crippen LogP contribution < -0.4 is 14.8 Å². The molecule has 0 saturated carbocycles. The maximum atomic E-state index is 13.2. The number of nitrogens with zero attached hydrogens (tertiary/aromatic N) is 2. The van der Waals surface area contributed by atoms with Crippen molar-refractivity contribution in [3.05, 3.63) is 63.7 Å². The number of nitro benzene ring substituents is 1. The Morgan fingerprint density at radius 1 is 1.15 bits per heavy atom. The number of rotatable bonds is 13. The second kappa shape index (κ2) is 13.2. The number of ether oxygens (including phenoxy) is 2. The van der Waals surface area contributed by atoms with E-state index in [4.69, 9.17) is 9.47 Å². The van der Waals surface area contributed by atoms with E-state index in [9.17, 15) is 19.7 Å². The predicted molar refractivity (Wildman–Crippen MR) is 129 cm³/mol. The lowest BCUT2D eigenvalue weighted by Gasteiger charge is -2.30. The van der Waals surface area contributed by atoms with Gasteiger partial charge < -0.3 is 19.7 Å². The number of aryl methyl sites for hydroxylation is 1. The monoisotopic (exact) mass is 471 g/mol. The van der Waals surface area contributed by atoms with Gasteiger partial charge in [-0.3, -0.25) is 19.7 Å². The molecule has 184 valence electrons. The van der Waals surface area contributed by atoms with Gasteiger partial charge in [0.1, 0.15) is 11.8 Å². The second-order valence-corrected chi connectivity index (χ2v) is 7.96. The highest BCUT2D eigenvalue weighted by Gasteiger charge is 2.29. The summed E-state index contributed by atoms with van der Waals surface area (Å²) in [5.74, 6) is -0.275. The van der Waals surface area contributed by atoms with Crippen LogP contribution in [-0.2, 0) is 16.1 Å². The quantitative estimate of drug-likeness (QED) is 0.268. The highest BCUT2D eigenvalue weighted by atomic mass is 16.6. The normalized spacial score (nSPS) is 11.4. The number of benzene rings is 2. The number of carbonyl (C=O) groups is 2. The Bertz CT molecular complexity index is 977. The van der Waals surface area contributed by atoms with Gasteiger partial charge in [-0.2, -0.15) is 0 Å². The van der Waals surface area contributed by atoms with E-state index in [0.717, 1.165) is 24.0 Å². The summed E-state index contributed by atoms with van der Waals surface area (Å²) in [7, 11) is 1.32. The lowest BCUT2D eigenvalue weighted by atomic mass is 10.1. The summed E-state index contributed by atoms with van der Waals surface area (Å²) in [4.78, 5) is 38.2. The summed E-state index contributed by atoms with van der Waals surface area (Å²) in [6, 6.07) is 11.2. The number of amides is 2. The van der Waals surface area contributed by atoms with Crippen molar-refractivity contribution in [1.29, 1.82) is 0 Å². The molecule has 0 bridgehead atoms. The van der Waals surface area contributed by atoms with Crippen molar-refractivity contribution in [2.24, 2.45) is 0 Å². The Hall–Kier alpha value is -3.62. The van der Waals surface area contributed by atoms with E-state index in [2.05, 4.69) is 5.32 Å². The van der Waals surface area contributed by atoms with Crippen molar-refractivity contribution in [2.75, 3.05) is 20.3 Å². The largest absolute Gasteiger partial charge is 0.490 e. The number of methoxy groups -OCH3 is 1. The van der Waals surface area contributed by atoms with Crippen molar-refractivity contribution in [2.45, 2.75) is 52.6 Å². The third-order valence-corrected chi connectivity index (χ3v) is 5.40. The smallest absolute Gasteiger partial charge is 0.311 e. The molecule has 0 aromatic heterocycles. The molecule has 2 rings (SSSR count). The number of unbranched alkanes of at least 4 members (excludes halogenated alkanes) is 1. The number of hydrogen-bond donors (Lipinski definition) is 1. The first-order valence-corrected chi connectivity index (χ1v) is 11.4. The molecular formula is C25H33N3O6. The van der Waals surface area contributed by atoms with Gasteiger partial charge in [0.25, 0.3) is 5.91 Å². The molecule has 0 spiro atoms. The Labute approximate surface area is 200 Å². The molecule has 1 unspecified atom stereocenters. The molecule has 34 heavy (non-hydrogen) atoms. The van der Waals surface area contributed by atoms with Crippen molar-refractivity contribution < 1.29 is 24.0 Å². The molecule has 0 fully saturated rings. The van der Waals surface area contributed by atoms with Crippen LogP contribution in [0.4, 0.5) is 5.69 Å². The van der Waals surface area contributed by atoms with Gasteiger partial charge in [0, 0.05) is 25.2 Å². The molecule has 0 aliphatic heterocycles. The van der Waals surface area contributed by atoms with E-state index in [1.165, 1.54) is 30.2 Å². The topological polar surface area (TPSA) is 111 Å². The molecule has 2 aromatic rings. The lowest BCUT2D eigenvalue weighted by molar-refractivity contribution is -0.385. The molecule has 1 atom stereocenters. The molecule has 0 radical (unpaired) electrons. The molecule has 2 aromatic carbocycles. The van der Waals surface area contributed by atoms with Crippen LogP contribution in [0.2, 0.25) is 0 Å². The maximum Gasteiger partial charge on any atom is 0.311 e. The Balaban J connectivity index is 2.21. The molecule has 9 nitrogen and oxygen atoms in total. The van der Waals surface area contributed by atoms with Crippen LogP contribution >= 0.6 is 0 Å². The SMILES string of the molecule is CCCCNC(=O)C(CC)N(Cc1ccc(C)cc1)C(=O)COc1ccc([N+](=O)[O-])c(OC)c1. The van der Waals surface area contributed by atoms with Gasteiger partial charge >= 0.3 is 5.69 Å². The van der Waals surface area contributed by atoms with Crippen LogP contribution in [0.25, 0.3) is 0 Å². The summed E-state index contributed by atoms with van der Waals surface area (Å²) in [5, 5.41) is 14.0. The zero-order valence-electron chi connectivity index (χ0n) is 20.2. The predicted octanol–water partition coefficient (Wildman–Crippen LogP) is 4.01. The van der Waals surface area contributed by atoms with Gasteiger partial charge in [-0.25, -0.2) is 0 Å². The van der Waals surface area contributed by atoms with Crippen LogP contribution in [0.15, 0.2) is 42.5 Å².